The van der Waals surface area contributed by atoms with Gasteiger partial charge in [-0.05, 0) is 55.5 Å². The van der Waals surface area contributed by atoms with Crippen LogP contribution in [0.5, 0.6) is 5.75 Å². The first-order chi connectivity index (χ1) is 13.7. The third-order valence-corrected chi connectivity index (χ3v) is 5.18. The summed E-state index contributed by atoms with van der Waals surface area (Å²) in [4.78, 5) is 19.1. The molecular formula is C21H17FN2O3S. The average molecular weight is 396 g/mol. The molecule has 0 unspecified atom stereocenters. The highest BCUT2D eigenvalue weighted by Crippen LogP contribution is 2.32. The van der Waals surface area contributed by atoms with Crippen LogP contribution in [0.3, 0.4) is 0 Å². The second-order valence-corrected chi connectivity index (χ2v) is 7.02. The van der Waals surface area contributed by atoms with Crippen LogP contribution in [0.15, 0.2) is 65.3 Å². The summed E-state index contributed by atoms with van der Waals surface area (Å²) < 4.78 is 25.6. The third-order valence-electron chi connectivity index (χ3n) is 4.14. The van der Waals surface area contributed by atoms with E-state index in [4.69, 9.17) is 9.15 Å². The van der Waals surface area contributed by atoms with Gasteiger partial charge in [0.25, 0.3) is 5.91 Å². The highest BCUT2D eigenvalue weighted by molar-refractivity contribution is 7.22. The van der Waals surface area contributed by atoms with Crippen LogP contribution in [0.4, 0.5) is 9.52 Å². The molecule has 1 amide bonds. The van der Waals surface area contributed by atoms with Gasteiger partial charge in [0.05, 0.1) is 24.1 Å². The summed E-state index contributed by atoms with van der Waals surface area (Å²) in [6, 6.07) is 15.2. The number of hydrogen-bond donors (Lipinski definition) is 0. The molecule has 0 N–H and O–H groups in total. The predicted octanol–water partition coefficient (Wildman–Crippen LogP) is 5.27. The first kappa shape index (κ1) is 18.2. The van der Waals surface area contributed by atoms with Crippen molar-refractivity contribution in [2.45, 2.75) is 13.5 Å². The van der Waals surface area contributed by atoms with E-state index >= 15 is 0 Å². The Labute approximate surface area is 165 Å². The molecule has 4 aromatic rings. The van der Waals surface area contributed by atoms with Gasteiger partial charge in [-0.15, -0.1) is 0 Å². The number of anilines is 1. The molecule has 4 rings (SSSR count). The number of ether oxygens (including phenoxy) is 1. The maximum absolute atomic E-state index is 14.1. The number of rotatable bonds is 6. The molecule has 0 bridgehead atoms. The molecule has 0 saturated carbocycles. The third kappa shape index (κ3) is 3.61. The second kappa shape index (κ2) is 7.82. The quantitative estimate of drug-likeness (QED) is 0.445. The lowest BCUT2D eigenvalue weighted by molar-refractivity contribution is 0.0983. The van der Waals surface area contributed by atoms with Gasteiger partial charge in [0.1, 0.15) is 22.8 Å². The second-order valence-electron chi connectivity index (χ2n) is 6.01. The Kier molecular flexibility index (Phi) is 5.08. The summed E-state index contributed by atoms with van der Waals surface area (Å²) in [5, 5.41) is 0.412. The van der Waals surface area contributed by atoms with E-state index in [2.05, 4.69) is 4.98 Å². The lowest BCUT2D eigenvalue weighted by atomic mass is 10.2. The Morgan fingerprint density at radius 3 is 2.68 bits per heavy atom. The Morgan fingerprint density at radius 1 is 1.18 bits per heavy atom. The van der Waals surface area contributed by atoms with E-state index in [0.717, 1.165) is 0 Å². The van der Waals surface area contributed by atoms with Crippen LogP contribution in [0.25, 0.3) is 10.2 Å². The standard InChI is InChI=1S/C21H17FN2O3S/c1-2-26-15-10-8-14(9-11-15)20(25)24(13-16-5-4-12-27-16)21-23-19-17(22)6-3-7-18(19)28-21/h3-12H,2,13H2,1H3. The van der Waals surface area contributed by atoms with E-state index in [9.17, 15) is 9.18 Å². The molecule has 2 heterocycles. The van der Waals surface area contributed by atoms with E-state index in [1.807, 2.05) is 6.92 Å². The van der Waals surface area contributed by atoms with Crippen molar-refractivity contribution in [2.75, 3.05) is 11.5 Å². The molecule has 0 aliphatic carbocycles. The number of hydrogen-bond acceptors (Lipinski definition) is 5. The Balaban J connectivity index is 1.71. The number of furan rings is 1. The maximum atomic E-state index is 14.1. The molecule has 5 nitrogen and oxygen atoms in total. The number of amides is 1. The minimum atomic E-state index is -0.411. The average Bonchev–Trinajstić information content (AvgIpc) is 3.37. The molecule has 0 saturated heterocycles. The van der Waals surface area contributed by atoms with Crippen LogP contribution in [0.2, 0.25) is 0 Å². The van der Waals surface area contributed by atoms with E-state index in [1.54, 1.807) is 54.8 Å². The molecule has 2 aromatic heterocycles. The number of nitrogens with zero attached hydrogens (tertiary/aromatic N) is 2. The Hall–Kier alpha value is -3.19. The number of aromatic nitrogens is 1. The number of fused-ring (bicyclic) bond motifs is 1. The van der Waals surface area contributed by atoms with Gasteiger partial charge in [-0.25, -0.2) is 9.37 Å². The SMILES string of the molecule is CCOc1ccc(C(=O)N(Cc2ccco2)c2nc3c(F)cccc3s2)cc1. The topological polar surface area (TPSA) is 55.6 Å². The normalized spacial score (nSPS) is 10.9. The molecule has 0 radical (unpaired) electrons. The number of carbonyl (C=O) groups excluding carboxylic acids is 1. The summed E-state index contributed by atoms with van der Waals surface area (Å²) in [6.07, 6.45) is 1.55. The predicted molar refractivity (Wildman–Crippen MR) is 106 cm³/mol. The fourth-order valence-electron chi connectivity index (χ4n) is 2.82. The molecule has 7 heteroatoms. The van der Waals surface area contributed by atoms with Gasteiger partial charge in [0, 0.05) is 5.56 Å². The lowest BCUT2D eigenvalue weighted by Gasteiger charge is -2.19. The number of benzene rings is 2. The highest BCUT2D eigenvalue weighted by atomic mass is 32.1. The monoisotopic (exact) mass is 396 g/mol. The van der Waals surface area contributed by atoms with E-state index in [-0.39, 0.29) is 18.0 Å². The number of para-hydroxylation sites is 1. The molecule has 0 fully saturated rings. The van der Waals surface area contributed by atoms with Crippen LogP contribution in [-0.4, -0.2) is 17.5 Å². The van der Waals surface area contributed by atoms with E-state index in [0.29, 0.717) is 33.5 Å². The molecular weight excluding hydrogens is 379 g/mol. The smallest absolute Gasteiger partial charge is 0.260 e. The zero-order chi connectivity index (χ0) is 19.5. The first-order valence-electron chi connectivity index (χ1n) is 8.78. The first-order valence-corrected chi connectivity index (χ1v) is 9.59. The largest absolute Gasteiger partial charge is 0.494 e. The molecule has 0 aliphatic heterocycles. The number of halogens is 1. The summed E-state index contributed by atoms with van der Waals surface area (Å²) in [7, 11) is 0. The van der Waals surface area contributed by atoms with Gasteiger partial charge in [0.2, 0.25) is 0 Å². The summed E-state index contributed by atoms with van der Waals surface area (Å²) in [5.74, 6) is 0.642. The van der Waals surface area contributed by atoms with Crippen LogP contribution >= 0.6 is 11.3 Å². The lowest BCUT2D eigenvalue weighted by Crippen LogP contribution is -2.30. The van der Waals surface area contributed by atoms with E-state index < -0.39 is 5.82 Å². The molecule has 0 spiro atoms. The minimum absolute atomic E-state index is 0.195. The van der Waals surface area contributed by atoms with Crippen LogP contribution < -0.4 is 9.64 Å². The summed E-state index contributed by atoms with van der Waals surface area (Å²) in [6.45, 7) is 2.64. The van der Waals surface area contributed by atoms with Crippen molar-refractivity contribution in [1.29, 1.82) is 0 Å². The summed E-state index contributed by atoms with van der Waals surface area (Å²) >= 11 is 1.26. The van der Waals surface area contributed by atoms with Gasteiger partial charge in [-0.1, -0.05) is 17.4 Å². The molecule has 142 valence electrons. The van der Waals surface area contributed by atoms with Crippen molar-refractivity contribution in [2.24, 2.45) is 0 Å². The van der Waals surface area contributed by atoms with Crippen LogP contribution in [0.1, 0.15) is 23.0 Å². The van der Waals surface area contributed by atoms with Crippen molar-refractivity contribution in [3.8, 4) is 5.75 Å². The van der Waals surface area contributed by atoms with Gasteiger partial charge >= 0.3 is 0 Å². The van der Waals surface area contributed by atoms with Gasteiger partial charge in [-0.2, -0.15) is 0 Å². The van der Waals surface area contributed by atoms with Gasteiger partial charge in [-0.3, -0.25) is 9.69 Å². The molecule has 28 heavy (non-hydrogen) atoms. The molecule has 0 atom stereocenters. The van der Waals surface area contributed by atoms with Crippen molar-refractivity contribution in [1.82, 2.24) is 4.98 Å². The molecule has 2 aromatic carbocycles. The number of carbonyl (C=O) groups is 1. The highest BCUT2D eigenvalue weighted by Gasteiger charge is 2.23. The molecule has 0 aliphatic rings. The fraction of sp³-hybridized carbons (Fsp3) is 0.143. The van der Waals surface area contributed by atoms with Crippen molar-refractivity contribution in [3.63, 3.8) is 0 Å². The van der Waals surface area contributed by atoms with Crippen molar-refractivity contribution >= 4 is 32.6 Å². The van der Waals surface area contributed by atoms with Gasteiger partial charge in [0.15, 0.2) is 5.13 Å². The van der Waals surface area contributed by atoms with Gasteiger partial charge < -0.3 is 9.15 Å². The van der Waals surface area contributed by atoms with Crippen molar-refractivity contribution in [3.05, 3.63) is 78.0 Å². The minimum Gasteiger partial charge on any atom is -0.494 e. The van der Waals surface area contributed by atoms with Crippen molar-refractivity contribution < 1.29 is 18.3 Å². The fourth-order valence-corrected chi connectivity index (χ4v) is 3.80. The maximum Gasteiger partial charge on any atom is 0.260 e. The number of thiazole rings is 1. The zero-order valence-electron chi connectivity index (χ0n) is 15.1. The van der Waals surface area contributed by atoms with Crippen LogP contribution in [0, 0.1) is 5.82 Å². The Bertz CT molecular complexity index is 1090. The zero-order valence-corrected chi connectivity index (χ0v) is 15.9. The summed E-state index contributed by atoms with van der Waals surface area (Å²) in [5.41, 5.74) is 0.737. The van der Waals surface area contributed by atoms with E-state index in [1.165, 1.54) is 22.3 Å². The van der Waals surface area contributed by atoms with Crippen LogP contribution in [-0.2, 0) is 6.54 Å². The Morgan fingerprint density at radius 2 is 2.00 bits per heavy atom.